The van der Waals surface area contributed by atoms with Crippen molar-refractivity contribution in [3.63, 3.8) is 0 Å². The summed E-state index contributed by atoms with van der Waals surface area (Å²) in [5.41, 5.74) is 7.20. The number of rotatable bonds is 18. The standard InChI is InChI=1S/C71H72ClN5O8/c1-47(67(80)76-41-21-6-22-42-76)73-66(79)63(43-48-23-7-3-8-24-48)77-62-36-20-13-27-51(62)44-64(69(77)82)75(2)68(81)61(74-70(83)84-46-58-56-32-16-14-30-54(56)55-31-15-17-33-57(55)58)45-65(78)85-71(52-28-11-5-12-29-52,59-34-18-19-35-60(59)72)53-39-37-50(38-40-53)49-25-9-4-10-26-49/h3,5,7-8,11-20,23-24,27-40,47,49,58,61,63-64H,4,6,9-10,21-22,25-26,41-46H2,1-2H3,(H,73,79)(H,74,83)/t47-,61-,63-,64-,71?/m0/s1. The predicted octanol–water partition coefficient (Wildman–Crippen LogP) is 12.1. The summed E-state index contributed by atoms with van der Waals surface area (Å²) < 4.78 is 13.0. The SMILES string of the molecule is C[C@H](NC(=O)[C@H](Cc1ccccc1)N1C(=O)[C@@H](N(C)C(=O)[C@H](CC(=O)OC(c2ccccc2)(c2ccc(C3CCCCC3)cc2)c2ccccc2Cl)NC(=O)OCC2c3ccccc3-c3ccccc32)Cc2ccccc21)C(=O)N1CCCCC1. The van der Waals surface area contributed by atoms with Crippen molar-refractivity contribution < 1.29 is 38.2 Å². The number of halogens is 1. The second-order valence-corrected chi connectivity index (χ2v) is 23.4. The number of anilines is 1. The number of nitrogens with one attached hydrogen (secondary N) is 2. The number of carbonyl (C=O) groups is 6. The molecule has 1 unspecified atom stereocenters. The Kier molecular flexibility index (Phi) is 17.9. The lowest BCUT2D eigenvalue weighted by molar-refractivity contribution is -0.156. The van der Waals surface area contributed by atoms with Crippen LogP contribution in [0.1, 0.15) is 121 Å². The van der Waals surface area contributed by atoms with Crippen LogP contribution in [0.25, 0.3) is 11.1 Å². The monoisotopic (exact) mass is 1160 g/mol. The first-order chi connectivity index (χ1) is 41.4. The number of alkyl carbamates (subject to hydrolysis) is 1. The number of ether oxygens (including phenoxy) is 2. The highest BCUT2D eigenvalue weighted by Gasteiger charge is 2.47. The molecule has 1 saturated carbocycles. The number of nitrogens with zero attached hydrogens (tertiary/aromatic N) is 3. The van der Waals surface area contributed by atoms with Crippen LogP contribution >= 0.6 is 11.6 Å². The molecule has 14 heteroatoms. The van der Waals surface area contributed by atoms with Gasteiger partial charge in [-0.1, -0.05) is 201 Å². The third kappa shape index (κ3) is 12.4. The molecule has 2 aliphatic heterocycles. The van der Waals surface area contributed by atoms with Crippen molar-refractivity contribution >= 4 is 53.0 Å². The Bertz CT molecular complexity index is 3510. The molecule has 4 aliphatic rings. The van der Waals surface area contributed by atoms with E-state index in [1.165, 1.54) is 28.8 Å². The van der Waals surface area contributed by atoms with Gasteiger partial charge in [0, 0.05) is 66.3 Å². The number of amides is 5. The number of likely N-dealkylation sites (N-methyl/N-ethyl adjacent to an activating group) is 1. The highest BCUT2D eigenvalue weighted by Crippen LogP contribution is 2.46. The van der Waals surface area contributed by atoms with Gasteiger partial charge in [-0.3, -0.25) is 28.9 Å². The molecule has 7 aromatic carbocycles. The van der Waals surface area contributed by atoms with Crippen LogP contribution in [0.3, 0.4) is 0 Å². The molecular weight excluding hydrogens is 1090 g/mol. The molecule has 2 aliphatic carbocycles. The van der Waals surface area contributed by atoms with Crippen LogP contribution in [0.4, 0.5) is 10.5 Å². The fourth-order valence-corrected chi connectivity index (χ4v) is 13.5. The predicted molar refractivity (Wildman–Crippen MR) is 329 cm³/mol. The lowest BCUT2D eigenvalue weighted by Crippen LogP contribution is -2.62. The quantitative estimate of drug-likeness (QED) is 0.0636. The Balaban J connectivity index is 0.933. The van der Waals surface area contributed by atoms with Gasteiger partial charge >= 0.3 is 12.1 Å². The molecule has 2 heterocycles. The van der Waals surface area contributed by atoms with E-state index < -0.39 is 66.0 Å². The van der Waals surface area contributed by atoms with Gasteiger partial charge < -0.3 is 29.9 Å². The number of benzene rings is 7. The first-order valence-electron chi connectivity index (χ1n) is 29.9. The van der Waals surface area contributed by atoms with Crippen LogP contribution in [-0.4, -0.2) is 96.4 Å². The van der Waals surface area contributed by atoms with Gasteiger partial charge in [-0.15, -0.1) is 0 Å². The van der Waals surface area contributed by atoms with Crippen molar-refractivity contribution in [2.45, 2.75) is 119 Å². The number of carbonyl (C=O) groups excluding carboxylic acids is 6. The van der Waals surface area contributed by atoms with Crippen LogP contribution in [-0.2, 0) is 51.9 Å². The zero-order valence-electron chi connectivity index (χ0n) is 48.2. The lowest BCUT2D eigenvalue weighted by atomic mass is 9.78. The molecule has 2 fully saturated rings. The van der Waals surface area contributed by atoms with E-state index in [1.54, 1.807) is 36.1 Å². The molecule has 5 amide bonds. The molecule has 7 aromatic rings. The van der Waals surface area contributed by atoms with E-state index in [-0.39, 0.29) is 31.3 Å². The molecule has 436 valence electrons. The molecule has 1 saturated heterocycles. The molecule has 13 nitrogen and oxygen atoms in total. The summed E-state index contributed by atoms with van der Waals surface area (Å²) in [6.07, 6.45) is 6.95. The van der Waals surface area contributed by atoms with Gasteiger partial charge in [-0.2, -0.15) is 0 Å². The summed E-state index contributed by atoms with van der Waals surface area (Å²) in [6.45, 7) is 2.79. The topological polar surface area (TPSA) is 155 Å². The summed E-state index contributed by atoms with van der Waals surface area (Å²) in [7, 11) is 1.46. The van der Waals surface area contributed by atoms with Gasteiger partial charge in [0.05, 0.1) is 6.42 Å². The van der Waals surface area contributed by atoms with E-state index in [0.29, 0.717) is 52.0 Å². The molecule has 5 atom stereocenters. The van der Waals surface area contributed by atoms with E-state index >= 15 is 14.4 Å². The Morgan fingerprint density at radius 2 is 1.26 bits per heavy atom. The molecule has 0 radical (unpaired) electrons. The van der Waals surface area contributed by atoms with Gasteiger partial charge in [0.2, 0.25) is 17.7 Å². The van der Waals surface area contributed by atoms with Crippen LogP contribution in [0.5, 0.6) is 0 Å². The fraction of sp³-hybridized carbons (Fsp3) is 0.324. The molecule has 0 spiro atoms. The Morgan fingerprint density at radius 1 is 0.671 bits per heavy atom. The van der Waals surface area contributed by atoms with Crippen molar-refractivity contribution in [1.29, 1.82) is 0 Å². The highest BCUT2D eigenvalue weighted by molar-refractivity contribution is 6.31. The minimum absolute atomic E-state index is 0.0415. The number of esters is 1. The van der Waals surface area contributed by atoms with Crippen LogP contribution in [0.2, 0.25) is 5.02 Å². The van der Waals surface area contributed by atoms with Crippen molar-refractivity contribution in [3.8, 4) is 11.1 Å². The first-order valence-corrected chi connectivity index (χ1v) is 30.3. The molecule has 2 N–H and O–H groups in total. The fourth-order valence-electron chi connectivity index (χ4n) is 13.3. The maximum absolute atomic E-state index is 15.7. The maximum Gasteiger partial charge on any atom is 0.407 e. The maximum atomic E-state index is 15.7. The average molecular weight is 1160 g/mol. The summed E-state index contributed by atoms with van der Waals surface area (Å²) >= 11 is 7.16. The minimum atomic E-state index is -1.65. The third-order valence-corrected chi connectivity index (χ3v) is 18.0. The third-order valence-electron chi connectivity index (χ3n) is 17.7. The van der Waals surface area contributed by atoms with Gasteiger partial charge in [-0.25, -0.2) is 4.79 Å². The normalized spacial score (nSPS) is 17.6. The summed E-state index contributed by atoms with van der Waals surface area (Å²) in [6, 6.07) is 52.2. The number of para-hydroxylation sites is 1. The van der Waals surface area contributed by atoms with E-state index in [1.807, 2.05) is 146 Å². The Labute approximate surface area is 502 Å². The number of piperidine rings is 1. The van der Waals surface area contributed by atoms with Crippen LogP contribution < -0.4 is 15.5 Å². The smallest absolute Gasteiger partial charge is 0.407 e. The van der Waals surface area contributed by atoms with Crippen LogP contribution in [0.15, 0.2) is 182 Å². The van der Waals surface area contributed by atoms with Gasteiger partial charge in [-0.05, 0) is 96.0 Å². The summed E-state index contributed by atoms with van der Waals surface area (Å²) in [5, 5.41) is 6.08. The largest absolute Gasteiger partial charge is 0.449 e. The lowest BCUT2D eigenvalue weighted by Gasteiger charge is -2.42. The molecule has 0 aromatic heterocycles. The number of hydrogen-bond acceptors (Lipinski definition) is 8. The van der Waals surface area contributed by atoms with Crippen molar-refractivity contribution in [2.75, 3.05) is 31.6 Å². The summed E-state index contributed by atoms with van der Waals surface area (Å²) in [4.78, 5) is 94.4. The van der Waals surface area contributed by atoms with Crippen molar-refractivity contribution in [3.05, 3.63) is 232 Å². The molecule has 85 heavy (non-hydrogen) atoms. The van der Waals surface area contributed by atoms with E-state index in [0.717, 1.165) is 72.8 Å². The average Bonchev–Trinajstić information content (AvgIpc) is 2.19. The molecular formula is C71H72ClN5O8. The van der Waals surface area contributed by atoms with E-state index in [9.17, 15) is 14.4 Å². The first kappa shape index (κ1) is 58.2. The van der Waals surface area contributed by atoms with Gasteiger partial charge in [0.15, 0.2) is 5.60 Å². The second-order valence-electron chi connectivity index (χ2n) is 23.0. The number of fused-ring (bicyclic) bond motifs is 4. The van der Waals surface area contributed by atoms with E-state index in [4.69, 9.17) is 21.1 Å². The van der Waals surface area contributed by atoms with Crippen LogP contribution in [0, 0.1) is 0 Å². The zero-order valence-corrected chi connectivity index (χ0v) is 48.9. The highest BCUT2D eigenvalue weighted by atomic mass is 35.5. The van der Waals surface area contributed by atoms with Gasteiger partial charge in [0.1, 0.15) is 30.8 Å². The number of likely N-dealkylation sites (tertiary alicyclic amines) is 1. The Morgan fingerprint density at radius 3 is 1.94 bits per heavy atom. The second kappa shape index (κ2) is 26.2. The zero-order chi connectivity index (χ0) is 59.0. The Hall–Kier alpha value is -8.55. The molecule has 0 bridgehead atoms. The number of hydrogen-bond donors (Lipinski definition) is 2. The minimum Gasteiger partial charge on any atom is -0.449 e. The van der Waals surface area contributed by atoms with E-state index in [2.05, 4.69) is 22.8 Å². The van der Waals surface area contributed by atoms with Gasteiger partial charge in [0.25, 0.3) is 5.91 Å². The summed E-state index contributed by atoms with van der Waals surface area (Å²) in [5.74, 6) is -2.87. The molecule has 11 rings (SSSR count). The van der Waals surface area contributed by atoms with Crippen molar-refractivity contribution in [1.82, 2.24) is 20.4 Å². The van der Waals surface area contributed by atoms with Crippen molar-refractivity contribution in [2.24, 2.45) is 0 Å².